The third-order valence-corrected chi connectivity index (χ3v) is 10.9. The number of carbonyl (C=O) groups excluding carboxylic acids is 2. The Labute approximate surface area is 261 Å². The number of benzene rings is 1. The van der Waals surface area contributed by atoms with Crippen LogP contribution < -0.4 is 10.8 Å². The van der Waals surface area contributed by atoms with E-state index < -0.39 is 30.5 Å². The van der Waals surface area contributed by atoms with Gasteiger partial charge in [-0.2, -0.15) is 0 Å². The van der Waals surface area contributed by atoms with Crippen molar-refractivity contribution >= 4 is 24.6 Å². The van der Waals surface area contributed by atoms with Crippen LogP contribution in [0.1, 0.15) is 90.2 Å². The summed E-state index contributed by atoms with van der Waals surface area (Å²) in [5.41, 5.74) is 5.28. The van der Waals surface area contributed by atoms with Crippen molar-refractivity contribution in [2.45, 2.75) is 102 Å². The van der Waals surface area contributed by atoms with Crippen molar-refractivity contribution in [2.24, 2.45) is 5.92 Å². The number of hydrogen-bond acceptors (Lipinski definition) is 7. The SMILES string of the molecule is COC(=O)NC(C(=O)N1CCCC1c1ncc(-c2ccc(B3OC(C)(C)C(C)(C)O3)c3c2CCC32CCN(C)C2)[nH]1)C(C)C. The van der Waals surface area contributed by atoms with E-state index in [1.807, 2.05) is 24.9 Å². The van der Waals surface area contributed by atoms with Crippen molar-refractivity contribution in [1.29, 1.82) is 0 Å². The Morgan fingerprint density at radius 2 is 1.86 bits per heavy atom. The van der Waals surface area contributed by atoms with Gasteiger partial charge in [-0.1, -0.05) is 26.0 Å². The number of ether oxygens (including phenoxy) is 1. The molecule has 0 saturated carbocycles. The fraction of sp³-hybridized carbons (Fsp3) is 0.667. The molecule has 1 aromatic carbocycles. The summed E-state index contributed by atoms with van der Waals surface area (Å²) in [5.74, 6) is 0.594. The molecule has 3 saturated heterocycles. The minimum absolute atomic E-state index is 0.0784. The van der Waals surface area contributed by atoms with E-state index in [0.717, 1.165) is 67.7 Å². The van der Waals surface area contributed by atoms with Gasteiger partial charge >= 0.3 is 13.2 Å². The predicted molar refractivity (Wildman–Crippen MR) is 170 cm³/mol. The molecule has 1 spiro atoms. The number of rotatable bonds is 6. The maximum Gasteiger partial charge on any atom is 0.495 e. The number of likely N-dealkylation sites (N-methyl/N-ethyl adjacent to an activating group) is 1. The Balaban J connectivity index is 1.34. The molecular weight excluding hydrogens is 557 g/mol. The topological polar surface area (TPSA) is 109 Å². The zero-order valence-corrected chi connectivity index (χ0v) is 27.6. The lowest BCUT2D eigenvalue weighted by atomic mass is 9.67. The Kier molecular flexibility index (Phi) is 7.90. The largest absolute Gasteiger partial charge is 0.495 e. The number of likely N-dealkylation sites (tertiary alicyclic amines) is 2. The molecule has 6 rings (SSSR count). The zero-order valence-electron chi connectivity index (χ0n) is 27.6. The highest BCUT2D eigenvalue weighted by Crippen LogP contribution is 2.48. The summed E-state index contributed by atoms with van der Waals surface area (Å²) in [5, 5.41) is 2.73. The van der Waals surface area contributed by atoms with Gasteiger partial charge in [0.2, 0.25) is 5.91 Å². The molecule has 3 atom stereocenters. The zero-order chi connectivity index (χ0) is 31.6. The number of carbonyl (C=O) groups is 2. The molecule has 2 aromatic rings. The Morgan fingerprint density at radius 3 is 2.50 bits per heavy atom. The standard InChI is InChI=1S/C33H48BN5O5/c1-20(2)27(37-30(41)42-8)29(40)39-16-9-10-25(39)28-35-18-24(36-28)21-11-12-23(34-43-31(3,4)32(5,6)44-34)26-22(21)13-14-33(26)15-17-38(7)19-33/h11-12,18,20,25,27H,9-10,13-17,19H2,1-8H3,(H,35,36)(H,37,41). The number of aromatic nitrogens is 2. The third kappa shape index (κ3) is 5.14. The summed E-state index contributed by atoms with van der Waals surface area (Å²) in [6.45, 7) is 15.0. The molecule has 0 bridgehead atoms. The number of H-pyrrole nitrogens is 1. The van der Waals surface area contributed by atoms with Gasteiger partial charge in [-0.3, -0.25) is 4.79 Å². The second kappa shape index (κ2) is 11.2. The number of alkyl carbamates (subject to hydrolysis) is 1. The highest BCUT2D eigenvalue weighted by Gasteiger charge is 2.55. The van der Waals surface area contributed by atoms with Crippen molar-refractivity contribution < 1.29 is 23.6 Å². The number of methoxy groups -OCH3 is 1. The summed E-state index contributed by atoms with van der Waals surface area (Å²) >= 11 is 0. The lowest BCUT2D eigenvalue weighted by Crippen LogP contribution is -2.51. The molecule has 10 nitrogen and oxygen atoms in total. The van der Waals surface area contributed by atoms with Gasteiger partial charge in [0, 0.05) is 24.1 Å². The van der Waals surface area contributed by atoms with Crippen LogP contribution in [-0.4, -0.2) is 89.9 Å². The van der Waals surface area contributed by atoms with Crippen molar-refractivity contribution in [3.8, 4) is 11.3 Å². The van der Waals surface area contributed by atoms with Crippen molar-refractivity contribution in [2.75, 3.05) is 33.8 Å². The van der Waals surface area contributed by atoms with E-state index in [1.165, 1.54) is 18.2 Å². The second-order valence-corrected chi connectivity index (χ2v) is 14.6. The molecular formula is C33H48BN5O5. The van der Waals surface area contributed by atoms with Crippen LogP contribution in [-0.2, 0) is 30.7 Å². The van der Waals surface area contributed by atoms with Crippen LogP contribution in [0.25, 0.3) is 11.3 Å². The van der Waals surface area contributed by atoms with Gasteiger partial charge in [-0.15, -0.1) is 0 Å². The molecule has 3 aliphatic heterocycles. The fourth-order valence-corrected chi connectivity index (χ4v) is 7.78. The number of imidazole rings is 1. The number of amides is 2. The quantitative estimate of drug-likeness (QED) is 0.481. The number of nitrogens with zero attached hydrogens (tertiary/aromatic N) is 3. The molecule has 0 radical (unpaired) electrons. The van der Waals surface area contributed by atoms with Crippen molar-refractivity contribution in [1.82, 2.24) is 25.1 Å². The lowest BCUT2D eigenvalue weighted by molar-refractivity contribution is -0.135. The van der Waals surface area contributed by atoms with E-state index in [2.05, 4.69) is 62.1 Å². The van der Waals surface area contributed by atoms with Gasteiger partial charge in [0.05, 0.1) is 36.2 Å². The van der Waals surface area contributed by atoms with Crippen LogP contribution in [0.4, 0.5) is 4.79 Å². The Morgan fingerprint density at radius 1 is 1.14 bits per heavy atom. The van der Waals surface area contributed by atoms with E-state index >= 15 is 0 Å². The monoisotopic (exact) mass is 605 g/mol. The van der Waals surface area contributed by atoms with Gasteiger partial charge in [0.25, 0.3) is 0 Å². The molecule has 1 aromatic heterocycles. The van der Waals surface area contributed by atoms with Gasteiger partial charge in [0.1, 0.15) is 11.9 Å². The Hall–Kier alpha value is -2.89. The summed E-state index contributed by atoms with van der Waals surface area (Å²) in [7, 11) is 3.11. The van der Waals surface area contributed by atoms with Crippen LogP contribution in [0.2, 0.25) is 0 Å². The van der Waals surface area contributed by atoms with Gasteiger partial charge < -0.3 is 34.1 Å². The van der Waals surface area contributed by atoms with E-state index in [-0.39, 0.29) is 23.3 Å². The minimum atomic E-state index is -0.663. The van der Waals surface area contributed by atoms with Crippen LogP contribution in [0, 0.1) is 5.92 Å². The van der Waals surface area contributed by atoms with Crippen molar-refractivity contribution in [3.05, 3.63) is 35.3 Å². The number of hydrogen-bond donors (Lipinski definition) is 2. The Bertz CT molecular complexity index is 1420. The van der Waals surface area contributed by atoms with E-state index in [0.29, 0.717) is 6.54 Å². The smallest absolute Gasteiger partial charge is 0.453 e. The summed E-state index contributed by atoms with van der Waals surface area (Å²) in [6, 6.07) is 3.56. The molecule has 4 heterocycles. The maximum absolute atomic E-state index is 13.7. The predicted octanol–water partition coefficient (Wildman–Crippen LogP) is 3.94. The summed E-state index contributed by atoms with van der Waals surface area (Å²) < 4.78 is 18.0. The molecule has 2 amide bonds. The second-order valence-electron chi connectivity index (χ2n) is 14.6. The average Bonchev–Trinajstić information content (AvgIpc) is 3.79. The highest BCUT2D eigenvalue weighted by atomic mass is 16.7. The molecule has 4 aliphatic rings. The molecule has 44 heavy (non-hydrogen) atoms. The molecule has 1 aliphatic carbocycles. The maximum atomic E-state index is 13.7. The number of fused-ring (bicyclic) bond motifs is 2. The average molecular weight is 606 g/mol. The summed E-state index contributed by atoms with van der Waals surface area (Å²) in [4.78, 5) is 38.4. The minimum Gasteiger partial charge on any atom is -0.453 e. The van der Waals surface area contributed by atoms with E-state index in [9.17, 15) is 9.59 Å². The van der Waals surface area contributed by atoms with Crippen LogP contribution in [0.3, 0.4) is 0 Å². The molecule has 11 heteroatoms. The van der Waals surface area contributed by atoms with Crippen LogP contribution >= 0.6 is 0 Å². The first-order valence-electron chi connectivity index (χ1n) is 16.2. The first-order chi connectivity index (χ1) is 20.8. The van der Waals surface area contributed by atoms with E-state index in [4.69, 9.17) is 19.0 Å². The first-order valence-corrected chi connectivity index (χ1v) is 16.2. The molecule has 238 valence electrons. The highest BCUT2D eigenvalue weighted by molar-refractivity contribution is 6.62. The molecule has 3 unspecified atom stereocenters. The van der Waals surface area contributed by atoms with Gasteiger partial charge in [0.15, 0.2) is 0 Å². The van der Waals surface area contributed by atoms with E-state index in [1.54, 1.807) is 0 Å². The fourth-order valence-electron chi connectivity index (χ4n) is 7.78. The molecule has 2 N–H and O–H groups in total. The lowest BCUT2D eigenvalue weighted by Gasteiger charge is -2.32. The van der Waals surface area contributed by atoms with Crippen LogP contribution in [0.5, 0.6) is 0 Å². The van der Waals surface area contributed by atoms with Crippen LogP contribution in [0.15, 0.2) is 18.3 Å². The van der Waals surface area contributed by atoms with Gasteiger partial charge in [-0.25, -0.2) is 9.78 Å². The summed E-state index contributed by atoms with van der Waals surface area (Å²) in [6.07, 6.45) is 6.22. The number of aromatic amines is 1. The molecule has 3 fully saturated rings. The third-order valence-electron chi connectivity index (χ3n) is 10.9. The normalized spacial score (nSPS) is 26.5. The number of nitrogens with one attached hydrogen (secondary N) is 2. The van der Waals surface area contributed by atoms with Gasteiger partial charge in [-0.05, 0) is 95.9 Å². The van der Waals surface area contributed by atoms with Crippen molar-refractivity contribution in [3.63, 3.8) is 0 Å². The first kappa shape index (κ1) is 31.1.